The Kier molecular flexibility index (Phi) is 2.91. The lowest BCUT2D eigenvalue weighted by atomic mass is 10.2. The number of benzene rings is 1. The SMILES string of the molecule is COCc1cc(N)cc(Br)c1. The fraction of sp³-hybridized carbons (Fsp3) is 0.250. The first kappa shape index (κ1) is 8.56. The van der Waals surface area contributed by atoms with Crippen LogP contribution >= 0.6 is 15.9 Å². The lowest BCUT2D eigenvalue weighted by Gasteiger charge is -2.01. The highest BCUT2D eigenvalue weighted by Crippen LogP contribution is 2.17. The van der Waals surface area contributed by atoms with E-state index in [9.17, 15) is 0 Å². The maximum atomic E-state index is 5.60. The van der Waals surface area contributed by atoms with Crippen molar-refractivity contribution in [3.8, 4) is 0 Å². The van der Waals surface area contributed by atoms with E-state index in [-0.39, 0.29) is 0 Å². The van der Waals surface area contributed by atoms with Crippen LogP contribution in [0.5, 0.6) is 0 Å². The third kappa shape index (κ3) is 2.52. The van der Waals surface area contributed by atoms with E-state index in [0.717, 1.165) is 15.7 Å². The zero-order valence-corrected chi connectivity index (χ0v) is 7.89. The Morgan fingerprint density at radius 1 is 1.45 bits per heavy atom. The van der Waals surface area contributed by atoms with Gasteiger partial charge in [0.1, 0.15) is 0 Å². The summed E-state index contributed by atoms with van der Waals surface area (Å²) in [5.74, 6) is 0. The van der Waals surface area contributed by atoms with Crippen LogP contribution in [0.25, 0.3) is 0 Å². The Bertz CT molecular complexity index is 230. The minimum atomic E-state index is 0.601. The van der Waals surface area contributed by atoms with Gasteiger partial charge in [0.2, 0.25) is 0 Å². The van der Waals surface area contributed by atoms with Gasteiger partial charge in [-0.1, -0.05) is 15.9 Å². The normalized spacial score (nSPS) is 10.0. The Morgan fingerprint density at radius 2 is 2.18 bits per heavy atom. The van der Waals surface area contributed by atoms with Crippen molar-refractivity contribution in [3.63, 3.8) is 0 Å². The zero-order chi connectivity index (χ0) is 8.27. The van der Waals surface area contributed by atoms with Crippen LogP contribution in [0.4, 0.5) is 5.69 Å². The fourth-order valence-corrected chi connectivity index (χ4v) is 1.48. The molecule has 1 aromatic rings. The molecule has 0 radical (unpaired) electrons. The lowest BCUT2D eigenvalue weighted by Crippen LogP contribution is -1.91. The molecule has 0 aliphatic rings. The van der Waals surface area contributed by atoms with Crippen molar-refractivity contribution in [3.05, 3.63) is 28.2 Å². The van der Waals surface area contributed by atoms with Gasteiger partial charge in [0, 0.05) is 17.3 Å². The summed E-state index contributed by atoms with van der Waals surface area (Å²) in [6.45, 7) is 0.601. The fourth-order valence-electron chi connectivity index (χ4n) is 0.925. The first-order valence-corrected chi connectivity index (χ1v) is 4.05. The largest absolute Gasteiger partial charge is 0.399 e. The summed E-state index contributed by atoms with van der Waals surface area (Å²) < 4.78 is 5.95. The van der Waals surface area contributed by atoms with Crippen molar-refractivity contribution in [1.29, 1.82) is 0 Å². The van der Waals surface area contributed by atoms with E-state index in [1.165, 1.54) is 0 Å². The van der Waals surface area contributed by atoms with Gasteiger partial charge in [0.15, 0.2) is 0 Å². The maximum absolute atomic E-state index is 5.60. The standard InChI is InChI=1S/C8H10BrNO/c1-11-5-6-2-7(9)4-8(10)3-6/h2-4H,5,10H2,1H3. The van der Waals surface area contributed by atoms with Gasteiger partial charge in [0.25, 0.3) is 0 Å². The average Bonchev–Trinajstić information content (AvgIpc) is 1.85. The number of hydrogen-bond acceptors (Lipinski definition) is 2. The lowest BCUT2D eigenvalue weighted by molar-refractivity contribution is 0.185. The number of halogens is 1. The van der Waals surface area contributed by atoms with Crippen LogP contribution in [-0.2, 0) is 11.3 Å². The van der Waals surface area contributed by atoms with Crippen LogP contribution in [0.3, 0.4) is 0 Å². The van der Waals surface area contributed by atoms with Gasteiger partial charge in [-0.15, -0.1) is 0 Å². The first-order valence-electron chi connectivity index (χ1n) is 3.26. The van der Waals surface area contributed by atoms with E-state index < -0.39 is 0 Å². The van der Waals surface area contributed by atoms with Crippen molar-refractivity contribution < 1.29 is 4.74 Å². The number of nitrogens with two attached hydrogens (primary N) is 1. The second-order valence-corrected chi connectivity index (χ2v) is 3.24. The molecule has 1 rings (SSSR count). The molecule has 0 amide bonds. The van der Waals surface area contributed by atoms with Crippen molar-refractivity contribution in [1.82, 2.24) is 0 Å². The molecule has 2 nitrogen and oxygen atoms in total. The van der Waals surface area contributed by atoms with Crippen molar-refractivity contribution >= 4 is 21.6 Å². The molecule has 60 valence electrons. The van der Waals surface area contributed by atoms with Crippen LogP contribution in [0, 0.1) is 0 Å². The number of methoxy groups -OCH3 is 1. The average molecular weight is 216 g/mol. The van der Waals surface area contributed by atoms with Gasteiger partial charge in [-0.3, -0.25) is 0 Å². The molecule has 0 heterocycles. The van der Waals surface area contributed by atoms with Gasteiger partial charge < -0.3 is 10.5 Å². The zero-order valence-electron chi connectivity index (χ0n) is 6.30. The first-order chi connectivity index (χ1) is 5.22. The molecule has 3 heteroatoms. The van der Waals surface area contributed by atoms with Crippen molar-refractivity contribution in [2.24, 2.45) is 0 Å². The van der Waals surface area contributed by atoms with E-state index in [1.807, 2.05) is 18.2 Å². The summed E-state index contributed by atoms with van der Waals surface area (Å²) in [4.78, 5) is 0. The Balaban J connectivity index is 2.89. The van der Waals surface area contributed by atoms with Gasteiger partial charge in [-0.2, -0.15) is 0 Å². The number of rotatable bonds is 2. The van der Waals surface area contributed by atoms with Crippen LogP contribution < -0.4 is 5.73 Å². The molecular formula is C8H10BrNO. The van der Waals surface area contributed by atoms with Crippen LogP contribution in [-0.4, -0.2) is 7.11 Å². The molecule has 0 unspecified atom stereocenters. The Labute approximate surface area is 74.5 Å². The predicted octanol–water partition coefficient (Wildman–Crippen LogP) is 2.18. The molecule has 0 atom stereocenters. The number of hydrogen-bond donors (Lipinski definition) is 1. The molecule has 0 bridgehead atoms. The van der Waals surface area contributed by atoms with Gasteiger partial charge in [-0.25, -0.2) is 0 Å². The minimum Gasteiger partial charge on any atom is -0.399 e. The number of nitrogen functional groups attached to an aromatic ring is 1. The van der Waals surface area contributed by atoms with Crippen LogP contribution in [0.15, 0.2) is 22.7 Å². The molecular weight excluding hydrogens is 206 g/mol. The molecule has 0 aliphatic heterocycles. The summed E-state index contributed by atoms with van der Waals surface area (Å²) in [6.07, 6.45) is 0. The van der Waals surface area contributed by atoms with Crippen molar-refractivity contribution in [2.45, 2.75) is 6.61 Å². The van der Waals surface area contributed by atoms with Crippen molar-refractivity contribution in [2.75, 3.05) is 12.8 Å². The summed E-state index contributed by atoms with van der Waals surface area (Å²) in [5.41, 5.74) is 7.44. The van der Waals surface area contributed by atoms with E-state index in [4.69, 9.17) is 10.5 Å². The smallest absolute Gasteiger partial charge is 0.0714 e. The van der Waals surface area contributed by atoms with E-state index >= 15 is 0 Å². The highest BCUT2D eigenvalue weighted by molar-refractivity contribution is 9.10. The molecule has 0 spiro atoms. The monoisotopic (exact) mass is 215 g/mol. The second-order valence-electron chi connectivity index (χ2n) is 2.33. The molecule has 0 fully saturated rings. The minimum absolute atomic E-state index is 0.601. The summed E-state index contributed by atoms with van der Waals surface area (Å²) in [5, 5.41) is 0. The molecule has 2 N–H and O–H groups in total. The van der Waals surface area contributed by atoms with E-state index in [1.54, 1.807) is 7.11 Å². The van der Waals surface area contributed by atoms with Crippen LogP contribution in [0.2, 0.25) is 0 Å². The second kappa shape index (κ2) is 3.74. The molecule has 1 aromatic carbocycles. The van der Waals surface area contributed by atoms with Gasteiger partial charge >= 0.3 is 0 Å². The third-order valence-electron chi connectivity index (χ3n) is 1.29. The molecule has 0 aromatic heterocycles. The van der Waals surface area contributed by atoms with Gasteiger partial charge in [0.05, 0.1) is 6.61 Å². The summed E-state index contributed by atoms with van der Waals surface area (Å²) in [7, 11) is 1.66. The highest BCUT2D eigenvalue weighted by Gasteiger charge is 1.95. The van der Waals surface area contributed by atoms with Crippen LogP contribution in [0.1, 0.15) is 5.56 Å². The quantitative estimate of drug-likeness (QED) is 0.769. The summed E-state index contributed by atoms with van der Waals surface area (Å²) >= 11 is 3.35. The molecule has 0 saturated carbocycles. The van der Waals surface area contributed by atoms with E-state index in [2.05, 4.69) is 15.9 Å². The highest BCUT2D eigenvalue weighted by atomic mass is 79.9. The predicted molar refractivity (Wildman–Crippen MR) is 49.3 cm³/mol. The number of anilines is 1. The molecule has 11 heavy (non-hydrogen) atoms. The van der Waals surface area contributed by atoms with Gasteiger partial charge in [-0.05, 0) is 23.8 Å². The molecule has 0 aliphatic carbocycles. The maximum Gasteiger partial charge on any atom is 0.0714 e. The Morgan fingerprint density at radius 3 is 2.73 bits per heavy atom. The Hall–Kier alpha value is -0.540. The third-order valence-corrected chi connectivity index (χ3v) is 1.75. The topological polar surface area (TPSA) is 35.2 Å². The van der Waals surface area contributed by atoms with E-state index in [0.29, 0.717) is 6.61 Å². The summed E-state index contributed by atoms with van der Waals surface area (Å²) in [6, 6.07) is 5.74. The number of ether oxygens (including phenoxy) is 1. The molecule has 0 saturated heterocycles.